The predicted molar refractivity (Wildman–Crippen MR) is 64.4 cm³/mol. The molecule has 2 N–H and O–H groups in total. The van der Waals surface area contributed by atoms with Gasteiger partial charge in [0.2, 0.25) is 11.8 Å². The number of nitrogens with one attached hydrogen (secondary N) is 2. The first-order valence-electron chi connectivity index (χ1n) is 6.31. The topological polar surface area (TPSA) is 61.4 Å². The second-order valence-electron chi connectivity index (χ2n) is 5.42. The molecule has 2 aliphatic heterocycles. The smallest absolute Gasteiger partial charge is 0.245 e. The first kappa shape index (κ1) is 12.4. The number of hydrogen-bond donors (Lipinski definition) is 2. The molecule has 2 rings (SSSR count). The Labute approximate surface area is 102 Å². The third-order valence-corrected chi connectivity index (χ3v) is 3.78. The van der Waals surface area contributed by atoms with E-state index in [2.05, 4.69) is 10.6 Å². The number of carbonyl (C=O) groups excluding carboxylic acids is 2. The summed E-state index contributed by atoms with van der Waals surface area (Å²) in [4.78, 5) is 25.7. The van der Waals surface area contributed by atoms with Gasteiger partial charge in [-0.2, -0.15) is 0 Å². The number of piperazine rings is 1. The fourth-order valence-electron chi connectivity index (χ4n) is 2.58. The Bertz CT molecular complexity index is 322. The van der Waals surface area contributed by atoms with Gasteiger partial charge < -0.3 is 15.5 Å². The van der Waals surface area contributed by atoms with Gasteiger partial charge in [-0.1, -0.05) is 0 Å². The number of hydrogen-bond acceptors (Lipinski definition) is 3. The van der Waals surface area contributed by atoms with Crippen molar-refractivity contribution in [3.05, 3.63) is 0 Å². The average Bonchev–Trinajstić information content (AvgIpc) is 2.74. The normalized spacial score (nSPS) is 28.0. The molecule has 0 saturated carbocycles. The standard InChI is InChI=1S/C12H21N3O2/c1-12(2)11(17)14-5-6-15(12)10(16)7-9-3-4-13-8-9/h9,13H,3-8H2,1-2H3,(H,14,17)/t9-/m1/s1. The van der Waals surface area contributed by atoms with Crippen LogP contribution in [0.3, 0.4) is 0 Å². The van der Waals surface area contributed by atoms with Gasteiger partial charge in [0.1, 0.15) is 5.54 Å². The van der Waals surface area contributed by atoms with E-state index in [4.69, 9.17) is 0 Å². The van der Waals surface area contributed by atoms with Crippen molar-refractivity contribution in [2.45, 2.75) is 32.2 Å². The predicted octanol–water partition coefficient (Wildman–Crippen LogP) is -0.277. The number of rotatable bonds is 2. The Morgan fingerprint density at radius 3 is 2.88 bits per heavy atom. The molecule has 0 aromatic carbocycles. The first-order valence-corrected chi connectivity index (χ1v) is 6.31. The van der Waals surface area contributed by atoms with Crippen molar-refractivity contribution in [3.8, 4) is 0 Å². The van der Waals surface area contributed by atoms with E-state index in [9.17, 15) is 9.59 Å². The molecular weight excluding hydrogens is 218 g/mol. The van der Waals surface area contributed by atoms with Crippen molar-refractivity contribution in [1.82, 2.24) is 15.5 Å². The molecule has 2 fully saturated rings. The van der Waals surface area contributed by atoms with Gasteiger partial charge in [-0.25, -0.2) is 0 Å². The van der Waals surface area contributed by atoms with Crippen LogP contribution in [0.1, 0.15) is 26.7 Å². The third-order valence-electron chi connectivity index (χ3n) is 3.78. The van der Waals surface area contributed by atoms with Crippen molar-refractivity contribution in [2.75, 3.05) is 26.2 Å². The van der Waals surface area contributed by atoms with E-state index >= 15 is 0 Å². The van der Waals surface area contributed by atoms with E-state index < -0.39 is 5.54 Å². The van der Waals surface area contributed by atoms with E-state index in [1.165, 1.54) is 0 Å². The second-order valence-corrected chi connectivity index (χ2v) is 5.42. The Hall–Kier alpha value is -1.10. The van der Waals surface area contributed by atoms with Crippen LogP contribution < -0.4 is 10.6 Å². The maximum Gasteiger partial charge on any atom is 0.245 e. The van der Waals surface area contributed by atoms with E-state index in [1.54, 1.807) is 4.90 Å². The van der Waals surface area contributed by atoms with Gasteiger partial charge in [-0.05, 0) is 39.3 Å². The lowest BCUT2D eigenvalue weighted by Crippen LogP contribution is -2.63. The molecule has 96 valence electrons. The van der Waals surface area contributed by atoms with Crippen molar-refractivity contribution < 1.29 is 9.59 Å². The summed E-state index contributed by atoms with van der Waals surface area (Å²) in [6.07, 6.45) is 1.62. The highest BCUT2D eigenvalue weighted by molar-refractivity contribution is 5.91. The summed E-state index contributed by atoms with van der Waals surface area (Å²) in [5, 5.41) is 6.07. The number of nitrogens with zero attached hydrogens (tertiary/aromatic N) is 1. The summed E-state index contributed by atoms with van der Waals surface area (Å²) < 4.78 is 0. The zero-order chi connectivity index (χ0) is 12.5. The summed E-state index contributed by atoms with van der Waals surface area (Å²) >= 11 is 0. The van der Waals surface area contributed by atoms with Crippen LogP contribution in [0.5, 0.6) is 0 Å². The van der Waals surface area contributed by atoms with Crippen molar-refractivity contribution >= 4 is 11.8 Å². The maximum atomic E-state index is 12.2. The Kier molecular flexibility index (Phi) is 3.38. The van der Waals surface area contributed by atoms with Crippen LogP contribution in [0.2, 0.25) is 0 Å². The summed E-state index contributed by atoms with van der Waals surface area (Å²) in [5.41, 5.74) is -0.707. The largest absolute Gasteiger partial charge is 0.352 e. The average molecular weight is 239 g/mol. The lowest BCUT2D eigenvalue weighted by molar-refractivity contribution is -0.149. The van der Waals surface area contributed by atoms with Gasteiger partial charge in [0.05, 0.1) is 0 Å². The highest BCUT2D eigenvalue weighted by atomic mass is 16.2. The van der Waals surface area contributed by atoms with Crippen LogP contribution in [-0.4, -0.2) is 48.4 Å². The molecule has 0 aromatic heterocycles. The van der Waals surface area contributed by atoms with Crippen molar-refractivity contribution in [3.63, 3.8) is 0 Å². The molecule has 2 aliphatic rings. The molecule has 0 bridgehead atoms. The lowest BCUT2D eigenvalue weighted by atomic mass is 9.96. The van der Waals surface area contributed by atoms with Gasteiger partial charge in [0, 0.05) is 19.5 Å². The second kappa shape index (κ2) is 4.64. The molecule has 1 atom stereocenters. The van der Waals surface area contributed by atoms with Gasteiger partial charge in [-0.15, -0.1) is 0 Å². The molecule has 17 heavy (non-hydrogen) atoms. The summed E-state index contributed by atoms with van der Waals surface area (Å²) in [7, 11) is 0. The number of carbonyl (C=O) groups is 2. The molecule has 0 spiro atoms. The SMILES string of the molecule is CC1(C)C(=O)NCCN1C(=O)C[C@H]1CCNC1. The Morgan fingerprint density at radius 1 is 1.47 bits per heavy atom. The fourth-order valence-corrected chi connectivity index (χ4v) is 2.58. The van der Waals surface area contributed by atoms with Gasteiger partial charge in [0.15, 0.2) is 0 Å². The van der Waals surface area contributed by atoms with E-state index in [0.29, 0.717) is 25.4 Å². The van der Waals surface area contributed by atoms with Crippen LogP contribution in [0.25, 0.3) is 0 Å². The number of amides is 2. The minimum absolute atomic E-state index is 0.0540. The van der Waals surface area contributed by atoms with Crippen molar-refractivity contribution in [1.29, 1.82) is 0 Å². The highest BCUT2D eigenvalue weighted by Gasteiger charge is 2.40. The van der Waals surface area contributed by atoms with E-state index in [1.807, 2.05) is 13.8 Å². The van der Waals surface area contributed by atoms with Gasteiger partial charge >= 0.3 is 0 Å². The molecule has 0 radical (unpaired) electrons. The molecule has 0 unspecified atom stereocenters. The minimum atomic E-state index is -0.707. The van der Waals surface area contributed by atoms with Crippen LogP contribution in [0, 0.1) is 5.92 Å². The van der Waals surface area contributed by atoms with Crippen LogP contribution in [0.15, 0.2) is 0 Å². The quantitative estimate of drug-likeness (QED) is 0.697. The van der Waals surface area contributed by atoms with Gasteiger partial charge in [0.25, 0.3) is 0 Å². The molecule has 0 aromatic rings. The Balaban J connectivity index is 1.99. The zero-order valence-electron chi connectivity index (χ0n) is 10.6. The first-order chi connectivity index (χ1) is 8.01. The zero-order valence-corrected chi connectivity index (χ0v) is 10.6. The summed E-state index contributed by atoms with van der Waals surface area (Å²) in [5.74, 6) is 0.489. The van der Waals surface area contributed by atoms with Gasteiger partial charge in [-0.3, -0.25) is 9.59 Å². The minimum Gasteiger partial charge on any atom is -0.352 e. The summed E-state index contributed by atoms with van der Waals surface area (Å²) in [6, 6.07) is 0. The Morgan fingerprint density at radius 2 is 2.24 bits per heavy atom. The molecule has 2 amide bonds. The van der Waals surface area contributed by atoms with E-state index in [0.717, 1.165) is 19.5 Å². The molecule has 5 heteroatoms. The summed E-state index contributed by atoms with van der Waals surface area (Å²) in [6.45, 7) is 6.74. The van der Waals surface area contributed by atoms with Crippen LogP contribution in [-0.2, 0) is 9.59 Å². The van der Waals surface area contributed by atoms with Crippen LogP contribution >= 0.6 is 0 Å². The van der Waals surface area contributed by atoms with Crippen LogP contribution in [0.4, 0.5) is 0 Å². The molecule has 2 saturated heterocycles. The molecule has 0 aliphatic carbocycles. The lowest BCUT2D eigenvalue weighted by Gasteiger charge is -2.41. The fraction of sp³-hybridized carbons (Fsp3) is 0.833. The monoisotopic (exact) mass is 239 g/mol. The highest BCUT2D eigenvalue weighted by Crippen LogP contribution is 2.21. The third kappa shape index (κ3) is 2.44. The molecule has 5 nitrogen and oxygen atoms in total. The molecule has 2 heterocycles. The molecular formula is C12H21N3O2. The van der Waals surface area contributed by atoms with E-state index in [-0.39, 0.29) is 11.8 Å². The van der Waals surface area contributed by atoms with Crippen molar-refractivity contribution in [2.24, 2.45) is 5.92 Å². The maximum absolute atomic E-state index is 12.2.